The van der Waals surface area contributed by atoms with E-state index >= 15 is 0 Å². The molecule has 6 heteroatoms. The third-order valence-corrected chi connectivity index (χ3v) is 3.23. The van der Waals surface area contributed by atoms with Crippen molar-refractivity contribution < 1.29 is 14.6 Å². The van der Waals surface area contributed by atoms with Crippen molar-refractivity contribution in [2.75, 3.05) is 26.3 Å². The first-order chi connectivity index (χ1) is 6.69. The topological polar surface area (TPSA) is 79.2 Å². The van der Waals surface area contributed by atoms with Crippen LogP contribution in [-0.4, -0.2) is 42.4 Å². The van der Waals surface area contributed by atoms with Crippen molar-refractivity contribution in [3.05, 3.63) is 4.91 Å². The summed E-state index contributed by atoms with van der Waals surface area (Å²) in [6, 6.07) is 0. The molecule has 0 radical (unpaired) electrons. The molecule has 2 saturated heterocycles. The first-order valence-electron chi connectivity index (χ1n) is 4.58. The van der Waals surface area contributed by atoms with Crippen LogP contribution in [0.1, 0.15) is 6.42 Å². The summed E-state index contributed by atoms with van der Waals surface area (Å²) in [5.74, 6) is -0.941. The monoisotopic (exact) mass is 200 g/mol. The smallest absolute Gasteiger partial charge is 0.312 e. The molecule has 2 heterocycles. The molecule has 0 spiro atoms. The van der Waals surface area contributed by atoms with Crippen LogP contribution in [0.15, 0.2) is 5.29 Å². The SMILES string of the molecule is O=NN1CC2COCCC2(C(=O)O)C1. The van der Waals surface area contributed by atoms with Gasteiger partial charge in [-0.3, -0.25) is 9.80 Å². The van der Waals surface area contributed by atoms with Crippen molar-refractivity contribution >= 4 is 5.97 Å². The third-order valence-electron chi connectivity index (χ3n) is 3.23. The summed E-state index contributed by atoms with van der Waals surface area (Å²) in [5, 5.41) is 13.3. The molecule has 78 valence electrons. The number of carboxylic acids is 1. The van der Waals surface area contributed by atoms with Crippen molar-refractivity contribution in [2.45, 2.75) is 6.42 Å². The van der Waals surface area contributed by atoms with Gasteiger partial charge >= 0.3 is 5.97 Å². The molecule has 0 bridgehead atoms. The molecule has 0 aromatic heterocycles. The van der Waals surface area contributed by atoms with Gasteiger partial charge in [0.2, 0.25) is 0 Å². The number of ether oxygens (including phenoxy) is 1. The molecule has 0 aromatic carbocycles. The quantitative estimate of drug-likeness (QED) is 0.639. The lowest BCUT2D eigenvalue weighted by atomic mass is 9.74. The summed E-state index contributed by atoms with van der Waals surface area (Å²) in [5.41, 5.74) is -0.813. The van der Waals surface area contributed by atoms with E-state index in [9.17, 15) is 14.8 Å². The van der Waals surface area contributed by atoms with E-state index in [1.165, 1.54) is 5.01 Å². The number of hydrogen-bond donors (Lipinski definition) is 1. The van der Waals surface area contributed by atoms with Gasteiger partial charge in [0.25, 0.3) is 0 Å². The lowest BCUT2D eigenvalue weighted by molar-refractivity contribution is -0.157. The van der Waals surface area contributed by atoms with Crippen LogP contribution < -0.4 is 0 Å². The van der Waals surface area contributed by atoms with Gasteiger partial charge in [0.05, 0.1) is 23.9 Å². The number of carboxylic acid groups (broad SMARTS) is 1. The minimum Gasteiger partial charge on any atom is -0.481 e. The third kappa shape index (κ3) is 1.18. The molecule has 0 aromatic rings. The number of nitrogens with zero attached hydrogens (tertiary/aromatic N) is 2. The fourth-order valence-corrected chi connectivity index (χ4v) is 2.34. The normalized spacial score (nSPS) is 36.6. The molecule has 0 saturated carbocycles. The maximum atomic E-state index is 11.2. The van der Waals surface area contributed by atoms with Crippen LogP contribution in [0.2, 0.25) is 0 Å². The zero-order valence-electron chi connectivity index (χ0n) is 7.68. The van der Waals surface area contributed by atoms with Gasteiger partial charge in [0, 0.05) is 19.1 Å². The van der Waals surface area contributed by atoms with Gasteiger partial charge in [-0.1, -0.05) is 0 Å². The van der Waals surface area contributed by atoms with E-state index in [1.807, 2.05) is 0 Å². The summed E-state index contributed by atoms with van der Waals surface area (Å²) in [7, 11) is 0. The molecular weight excluding hydrogens is 188 g/mol. The van der Waals surface area contributed by atoms with E-state index in [-0.39, 0.29) is 12.5 Å². The maximum absolute atomic E-state index is 11.2. The first kappa shape index (κ1) is 9.39. The van der Waals surface area contributed by atoms with Crippen LogP contribution in [0.4, 0.5) is 0 Å². The van der Waals surface area contributed by atoms with Gasteiger partial charge in [0.15, 0.2) is 0 Å². The number of hydrogen-bond acceptors (Lipinski definition) is 4. The van der Waals surface area contributed by atoms with E-state index in [1.54, 1.807) is 0 Å². The molecule has 1 N–H and O–H groups in total. The lowest BCUT2D eigenvalue weighted by Gasteiger charge is -2.33. The second-order valence-corrected chi connectivity index (χ2v) is 3.91. The van der Waals surface area contributed by atoms with E-state index in [0.29, 0.717) is 26.2 Å². The average Bonchev–Trinajstić information content (AvgIpc) is 2.57. The number of fused-ring (bicyclic) bond motifs is 1. The number of nitroso groups, excluding NO2 is 1. The highest BCUT2D eigenvalue weighted by Gasteiger charge is 2.54. The number of carbonyl (C=O) groups is 1. The van der Waals surface area contributed by atoms with Crippen LogP contribution in [0.5, 0.6) is 0 Å². The van der Waals surface area contributed by atoms with Crippen molar-refractivity contribution in [2.24, 2.45) is 16.6 Å². The van der Waals surface area contributed by atoms with E-state index in [0.717, 1.165) is 0 Å². The van der Waals surface area contributed by atoms with Crippen molar-refractivity contribution in [3.63, 3.8) is 0 Å². The zero-order chi connectivity index (χ0) is 10.2. The van der Waals surface area contributed by atoms with Gasteiger partial charge in [-0.25, -0.2) is 0 Å². The van der Waals surface area contributed by atoms with Crippen LogP contribution in [-0.2, 0) is 9.53 Å². The molecule has 6 nitrogen and oxygen atoms in total. The van der Waals surface area contributed by atoms with Gasteiger partial charge in [-0.05, 0) is 6.42 Å². The highest BCUT2D eigenvalue weighted by molar-refractivity contribution is 5.76. The summed E-state index contributed by atoms with van der Waals surface area (Å²) in [6.45, 7) is 1.49. The Balaban J connectivity index is 2.24. The summed E-state index contributed by atoms with van der Waals surface area (Å²) < 4.78 is 5.22. The van der Waals surface area contributed by atoms with E-state index in [2.05, 4.69) is 5.29 Å². The average molecular weight is 200 g/mol. The van der Waals surface area contributed by atoms with Crippen molar-refractivity contribution in [1.29, 1.82) is 0 Å². The summed E-state index contributed by atoms with van der Waals surface area (Å²) in [4.78, 5) is 21.6. The molecule has 2 aliphatic rings. The van der Waals surface area contributed by atoms with Gasteiger partial charge in [-0.15, -0.1) is 4.91 Å². The standard InChI is InChI=1S/C8H12N2O4/c11-7(12)8-1-2-14-4-6(8)3-10(5-8)9-13/h6H,1-5H2,(H,11,12). The Hall–Kier alpha value is -1.17. The first-order valence-corrected chi connectivity index (χ1v) is 4.58. The highest BCUT2D eigenvalue weighted by Crippen LogP contribution is 2.42. The molecule has 0 aliphatic carbocycles. The van der Waals surface area contributed by atoms with Gasteiger partial charge < -0.3 is 9.84 Å². The number of rotatable bonds is 2. The minimum atomic E-state index is -0.836. The largest absolute Gasteiger partial charge is 0.481 e. The Kier molecular flexibility index (Phi) is 2.14. The van der Waals surface area contributed by atoms with E-state index < -0.39 is 11.4 Å². The Morgan fingerprint density at radius 2 is 2.43 bits per heavy atom. The zero-order valence-corrected chi connectivity index (χ0v) is 7.68. The van der Waals surface area contributed by atoms with E-state index in [4.69, 9.17) is 4.74 Å². The predicted molar refractivity (Wildman–Crippen MR) is 46.4 cm³/mol. The molecule has 14 heavy (non-hydrogen) atoms. The van der Waals surface area contributed by atoms with Crippen LogP contribution in [0, 0.1) is 16.2 Å². The maximum Gasteiger partial charge on any atom is 0.312 e. The Labute approximate surface area is 80.8 Å². The predicted octanol–water partition coefficient (Wildman–Crippen LogP) is 0.0909. The Morgan fingerprint density at radius 3 is 3.00 bits per heavy atom. The fourth-order valence-electron chi connectivity index (χ4n) is 2.34. The fraction of sp³-hybridized carbons (Fsp3) is 0.875. The van der Waals surface area contributed by atoms with Crippen LogP contribution in [0.25, 0.3) is 0 Å². The molecule has 2 unspecified atom stereocenters. The second kappa shape index (κ2) is 3.20. The van der Waals surface area contributed by atoms with Crippen LogP contribution >= 0.6 is 0 Å². The van der Waals surface area contributed by atoms with Gasteiger partial charge in [0.1, 0.15) is 0 Å². The molecule has 2 rings (SSSR count). The summed E-state index contributed by atoms with van der Waals surface area (Å²) >= 11 is 0. The molecule has 2 fully saturated rings. The van der Waals surface area contributed by atoms with Gasteiger partial charge in [-0.2, -0.15) is 0 Å². The molecular formula is C8H12N2O4. The van der Waals surface area contributed by atoms with Crippen molar-refractivity contribution in [1.82, 2.24) is 5.01 Å². The number of aliphatic carboxylic acids is 1. The Morgan fingerprint density at radius 1 is 1.64 bits per heavy atom. The highest BCUT2D eigenvalue weighted by atomic mass is 16.5. The second-order valence-electron chi connectivity index (χ2n) is 3.91. The molecule has 2 atom stereocenters. The summed E-state index contributed by atoms with van der Waals surface area (Å²) in [6.07, 6.45) is 0.471. The minimum absolute atomic E-state index is 0.105. The van der Waals surface area contributed by atoms with Crippen LogP contribution in [0.3, 0.4) is 0 Å². The lowest BCUT2D eigenvalue weighted by Crippen LogP contribution is -2.44. The molecule has 0 amide bonds. The molecule has 2 aliphatic heterocycles. The Bertz CT molecular complexity index is 270. The van der Waals surface area contributed by atoms with Crippen molar-refractivity contribution in [3.8, 4) is 0 Å².